The summed E-state index contributed by atoms with van der Waals surface area (Å²) in [7, 11) is -1.11. The van der Waals surface area contributed by atoms with Gasteiger partial charge in [0.1, 0.15) is 0 Å². The van der Waals surface area contributed by atoms with E-state index in [1.54, 1.807) is 0 Å². The van der Waals surface area contributed by atoms with E-state index in [1.807, 2.05) is 11.8 Å². The minimum atomic E-state index is -2.57. The first-order valence-corrected chi connectivity index (χ1v) is 17.3. The van der Waals surface area contributed by atoms with E-state index in [-0.39, 0.29) is 17.1 Å². The smallest absolute Gasteiger partial charge is 0.306 e. The highest BCUT2D eigenvalue weighted by Crippen LogP contribution is 2.38. The molecule has 206 valence electrons. The molecule has 0 radical (unpaired) electrons. The SMILES string of the molecule is CCCCCCCCCC(CCSCCC(=O)OC)O[Si](c1ccccc1)(c1ccccc1)C(C)(C)C. The predicted molar refractivity (Wildman–Crippen MR) is 164 cm³/mol. The molecule has 1 atom stereocenters. The molecule has 0 aliphatic carbocycles. The third kappa shape index (κ3) is 10.3. The van der Waals surface area contributed by atoms with E-state index in [0.717, 1.165) is 24.3 Å². The lowest BCUT2D eigenvalue weighted by Gasteiger charge is -2.45. The fraction of sp³-hybridized carbons (Fsp3) is 0.594. The van der Waals surface area contributed by atoms with Crippen LogP contribution in [0, 0.1) is 0 Å². The Morgan fingerprint density at radius 1 is 0.811 bits per heavy atom. The summed E-state index contributed by atoms with van der Waals surface area (Å²) in [6.07, 6.45) is 11.9. The third-order valence-corrected chi connectivity index (χ3v) is 13.3. The fourth-order valence-corrected chi connectivity index (χ4v) is 10.8. The number of hydrogen-bond donors (Lipinski definition) is 0. The average molecular weight is 543 g/mol. The van der Waals surface area contributed by atoms with E-state index >= 15 is 0 Å². The molecule has 0 aliphatic rings. The molecule has 0 aliphatic heterocycles. The van der Waals surface area contributed by atoms with Crippen LogP contribution in [0.2, 0.25) is 5.04 Å². The van der Waals surface area contributed by atoms with Gasteiger partial charge in [0.2, 0.25) is 0 Å². The highest BCUT2D eigenvalue weighted by atomic mass is 32.2. The van der Waals surface area contributed by atoms with Crippen molar-refractivity contribution >= 4 is 36.4 Å². The van der Waals surface area contributed by atoms with E-state index in [2.05, 4.69) is 88.4 Å². The summed E-state index contributed by atoms with van der Waals surface area (Å²) in [6, 6.07) is 21.9. The Kier molecular flexibility index (Phi) is 14.6. The number of carbonyl (C=O) groups is 1. The zero-order chi connectivity index (χ0) is 27.0. The van der Waals surface area contributed by atoms with Crippen LogP contribution in [0.3, 0.4) is 0 Å². The maximum atomic E-state index is 11.5. The average Bonchev–Trinajstić information content (AvgIpc) is 2.90. The van der Waals surface area contributed by atoms with Gasteiger partial charge in [-0.1, -0.05) is 133 Å². The molecule has 0 fully saturated rings. The molecule has 1 unspecified atom stereocenters. The summed E-state index contributed by atoms with van der Waals surface area (Å²) in [4.78, 5) is 11.5. The van der Waals surface area contributed by atoms with Gasteiger partial charge in [-0.05, 0) is 34.0 Å². The molecule has 2 rings (SSSR count). The monoisotopic (exact) mass is 542 g/mol. The molecule has 2 aromatic carbocycles. The summed E-state index contributed by atoms with van der Waals surface area (Å²) in [5.74, 6) is 1.67. The van der Waals surface area contributed by atoms with Crippen LogP contribution in [0.4, 0.5) is 0 Å². The van der Waals surface area contributed by atoms with Crippen LogP contribution in [0.25, 0.3) is 0 Å². The van der Waals surface area contributed by atoms with Crippen molar-refractivity contribution in [1.82, 2.24) is 0 Å². The lowest BCUT2D eigenvalue weighted by atomic mass is 10.1. The number of methoxy groups -OCH3 is 1. The molecule has 2 aromatic rings. The number of hydrogen-bond acceptors (Lipinski definition) is 4. The standard InChI is InChI=1S/C32H50O3SSi/c1-6-7-8-9-10-11-14-19-28(24-26-36-27-25-31(33)34-5)35-37(32(2,3)4,29-20-15-12-16-21-29)30-22-17-13-18-23-30/h12-13,15-18,20-23,28H,6-11,14,19,24-27H2,1-5H3. The van der Waals surface area contributed by atoms with E-state index in [9.17, 15) is 4.79 Å². The molecular weight excluding hydrogens is 493 g/mol. The lowest BCUT2D eigenvalue weighted by Crippen LogP contribution is -2.67. The molecule has 0 bridgehead atoms. The summed E-state index contributed by atoms with van der Waals surface area (Å²) >= 11 is 1.84. The zero-order valence-electron chi connectivity index (χ0n) is 24.0. The largest absolute Gasteiger partial charge is 0.469 e. The molecule has 0 N–H and O–H groups in total. The van der Waals surface area contributed by atoms with Gasteiger partial charge in [-0.15, -0.1) is 0 Å². The minimum Gasteiger partial charge on any atom is -0.469 e. The third-order valence-electron chi connectivity index (χ3n) is 7.15. The van der Waals surface area contributed by atoms with Gasteiger partial charge < -0.3 is 9.16 Å². The molecule has 0 amide bonds. The van der Waals surface area contributed by atoms with Gasteiger partial charge in [0.15, 0.2) is 0 Å². The van der Waals surface area contributed by atoms with E-state index in [0.29, 0.717) is 6.42 Å². The summed E-state index contributed by atoms with van der Waals surface area (Å²) in [5.41, 5.74) is 0. The number of rotatable bonds is 18. The van der Waals surface area contributed by atoms with Gasteiger partial charge in [0.25, 0.3) is 8.32 Å². The Bertz CT molecular complexity index is 827. The maximum absolute atomic E-state index is 11.5. The van der Waals surface area contributed by atoms with Gasteiger partial charge in [0, 0.05) is 11.9 Å². The second kappa shape index (κ2) is 17.1. The number of esters is 1. The molecule has 0 spiro atoms. The topological polar surface area (TPSA) is 35.5 Å². The molecular formula is C32H50O3SSi. The van der Waals surface area contributed by atoms with Crippen molar-refractivity contribution in [1.29, 1.82) is 0 Å². The summed E-state index contributed by atoms with van der Waals surface area (Å²) in [5, 5.41) is 2.67. The van der Waals surface area contributed by atoms with Crippen molar-refractivity contribution in [2.24, 2.45) is 0 Å². The molecule has 0 heterocycles. The van der Waals surface area contributed by atoms with Crippen LogP contribution in [0.5, 0.6) is 0 Å². The second-order valence-electron chi connectivity index (χ2n) is 11.0. The highest BCUT2D eigenvalue weighted by Gasteiger charge is 2.51. The van der Waals surface area contributed by atoms with Crippen LogP contribution < -0.4 is 10.4 Å². The molecule has 5 heteroatoms. The Morgan fingerprint density at radius 2 is 1.35 bits per heavy atom. The molecule has 0 saturated carbocycles. The molecule has 0 aromatic heterocycles. The number of unbranched alkanes of at least 4 members (excludes halogenated alkanes) is 6. The van der Waals surface area contributed by atoms with Gasteiger partial charge in [-0.3, -0.25) is 4.79 Å². The first-order valence-electron chi connectivity index (χ1n) is 14.3. The van der Waals surface area contributed by atoms with Crippen molar-refractivity contribution in [3.63, 3.8) is 0 Å². The van der Waals surface area contributed by atoms with Crippen molar-refractivity contribution in [2.75, 3.05) is 18.6 Å². The number of thioether (sulfide) groups is 1. The predicted octanol–water partition coefficient (Wildman–Crippen LogP) is 7.76. The van der Waals surface area contributed by atoms with Crippen molar-refractivity contribution in [3.05, 3.63) is 60.7 Å². The first kappa shape index (κ1) is 31.7. The van der Waals surface area contributed by atoms with Gasteiger partial charge in [0.05, 0.1) is 13.5 Å². The highest BCUT2D eigenvalue weighted by molar-refractivity contribution is 7.99. The van der Waals surface area contributed by atoms with Crippen LogP contribution in [0.1, 0.15) is 91.9 Å². The second-order valence-corrected chi connectivity index (χ2v) is 16.5. The Labute approximate surface area is 232 Å². The van der Waals surface area contributed by atoms with Crippen LogP contribution in [0.15, 0.2) is 60.7 Å². The van der Waals surface area contributed by atoms with E-state index < -0.39 is 8.32 Å². The Morgan fingerprint density at radius 3 is 1.86 bits per heavy atom. The van der Waals surface area contributed by atoms with Gasteiger partial charge >= 0.3 is 5.97 Å². The van der Waals surface area contributed by atoms with Gasteiger partial charge in [-0.25, -0.2) is 0 Å². The number of benzene rings is 2. The van der Waals surface area contributed by atoms with Crippen LogP contribution in [-0.2, 0) is 14.0 Å². The molecule has 37 heavy (non-hydrogen) atoms. The fourth-order valence-electron chi connectivity index (χ4n) is 5.11. The quantitative estimate of drug-likeness (QED) is 0.110. The van der Waals surface area contributed by atoms with Gasteiger partial charge in [-0.2, -0.15) is 11.8 Å². The number of ether oxygens (including phenoxy) is 1. The Balaban J connectivity index is 2.24. The van der Waals surface area contributed by atoms with Crippen molar-refractivity contribution in [3.8, 4) is 0 Å². The van der Waals surface area contributed by atoms with Crippen molar-refractivity contribution in [2.45, 2.75) is 103 Å². The van der Waals surface area contributed by atoms with Crippen molar-refractivity contribution < 1.29 is 14.0 Å². The lowest BCUT2D eigenvalue weighted by molar-refractivity contribution is -0.140. The van der Waals surface area contributed by atoms with E-state index in [1.165, 1.54) is 62.4 Å². The minimum absolute atomic E-state index is 0.0217. The van der Waals surface area contributed by atoms with Crippen LogP contribution >= 0.6 is 11.8 Å². The normalized spacial score (nSPS) is 12.9. The Hall–Kier alpha value is -1.56. The molecule has 3 nitrogen and oxygen atoms in total. The molecule has 0 saturated heterocycles. The summed E-state index contributed by atoms with van der Waals surface area (Å²) < 4.78 is 12.3. The first-order chi connectivity index (χ1) is 17.8. The maximum Gasteiger partial charge on any atom is 0.306 e. The van der Waals surface area contributed by atoms with E-state index in [4.69, 9.17) is 9.16 Å². The van der Waals surface area contributed by atoms with Crippen LogP contribution in [-0.4, -0.2) is 39.0 Å². The number of carbonyl (C=O) groups excluding carboxylic acids is 1. The zero-order valence-corrected chi connectivity index (χ0v) is 25.8. The summed E-state index contributed by atoms with van der Waals surface area (Å²) in [6.45, 7) is 9.34.